The molecule has 0 radical (unpaired) electrons. The number of rotatable bonds is 2. The molecular weight excluding hydrogens is 351 g/mol. The topological polar surface area (TPSA) is 76.9 Å². The molecule has 2 N–H and O–H groups in total. The van der Waals surface area contributed by atoms with Crippen LogP contribution >= 0.6 is 15.9 Å². The largest absolute Gasteiger partial charge is 0.383 e. The van der Waals surface area contributed by atoms with Crippen molar-refractivity contribution in [3.8, 4) is 17.3 Å². The van der Waals surface area contributed by atoms with Crippen molar-refractivity contribution < 1.29 is 9.13 Å². The van der Waals surface area contributed by atoms with E-state index in [1.165, 1.54) is 6.07 Å². The first-order chi connectivity index (χ1) is 10.6. The summed E-state index contributed by atoms with van der Waals surface area (Å²) < 4.78 is 21.1. The minimum atomic E-state index is -0.402. The Morgan fingerprint density at radius 2 is 2.14 bits per heavy atom. The average Bonchev–Trinajstić information content (AvgIpc) is 2.87. The maximum atomic E-state index is 13.8. The molecule has 22 heavy (non-hydrogen) atoms. The number of ether oxygens (including phenoxy) is 1. The van der Waals surface area contributed by atoms with Crippen LogP contribution in [0.4, 0.5) is 10.2 Å². The molecule has 0 saturated carbocycles. The molecule has 5 nitrogen and oxygen atoms in total. The third-order valence-electron chi connectivity index (χ3n) is 3.79. The molecule has 0 spiro atoms. The van der Waals surface area contributed by atoms with Crippen LogP contribution in [-0.2, 0) is 4.74 Å². The number of hydrogen-bond acceptors (Lipinski definition) is 4. The molecule has 3 rings (SSSR count). The number of anilines is 1. The zero-order chi connectivity index (χ0) is 15.7. The molecule has 1 saturated heterocycles. The van der Waals surface area contributed by atoms with Gasteiger partial charge in [0, 0.05) is 18.8 Å². The summed E-state index contributed by atoms with van der Waals surface area (Å²) >= 11 is 3.12. The Hall–Kier alpha value is -1.91. The van der Waals surface area contributed by atoms with Crippen LogP contribution in [0.25, 0.3) is 11.3 Å². The SMILES string of the molecule is N#Cc1c(-c2ccc(Br)c(F)c2)nn(C2CCOCC2)c1N. The van der Waals surface area contributed by atoms with E-state index in [0.29, 0.717) is 34.8 Å². The van der Waals surface area contributed by atoms with Gasteiger partial charge in [-0.3, -0.25) is 0 Å². The van der Waals surface area contributed by atoms with Crippen LogP contribution in [0.15, 0.2) is 22.7 Å². The zero-order valence-electron chi connectivity index (χ0n) is 11.7. The van der Waals surface area contributed by atoms with Gasteiger partial charge in [-0.25, -0.2) is 9.07 Å². The summed E-state index contributed by atoms with van der Waals surface area (Å²) in [6, 6.07) is 6.84. The first kappa shape index (κ1) is 15.0. The van der Waals surface area contributed by atoms with E-state index in [2.05, 4.69) is 27.1 Å². The minimum Gasteiger partial charge on any atom is -0.383 e. The van der Waals surface area contributed by atoms with Crippen molar-refractivity contribution in [2.24, 2.45) is 0 Å². The van der Waals surface area contributed by atoms with Crippen LogP contribution in [0.2, 0.25) is 0 Å². The van der Waals surface area contributed by atoms with Gasteiger partial charge in [-0.05, 0) is 40.9 Å². The molecule has 114 valence electrons. The van der Waals surface area contributed by atoms with E-state index in [1.54, 1.807) is 16.8 Å². The second-order valence-electron chi connectivity index (χ2n) is 5.14. The fraction of sp³-hybridized carbons (Fsp3) is 0.333. The molecule has 1 aromatic carbocycles. The Morgan fingerprint density at radius 1 is 1.41 bits per heavy atom. The maximum absolute atomic E-state index is 13.8. The second kappa shape index (κ2) is 6.07. The summed E-state index contributed by atoms with van der Waals surface area (Å²) in [4.78, 5) is 0. The van der Waals surface area contributed by atoms with Gasteiger partial charge in [0.25, 0.3) is 0 Å². The van der Waals surface area contributed by atoms with Gasteiger partial charge in [0.05, 0.1) is 10.5 Å². The lowest BCUT2D eigenvalue weighted by Crippen LogP contribution is -2.21. The molecule has 7 heteroatoms. The van der Waals surface area contributed by atoms with Gasteiger partial charge in [0.2, 0.25) is 0 Å². The lowest BCUT2D eigenvalue weighted by molar-refractivity contribution is 0.0669. The minimum absolute atomic E-state index is 0.106. The van der Waals surface area contributed by atoms with Crippen molar-refractivity contribution in [1.29, 1.82) is 5.26 Å². The number of aromatic nitrogens is 2. The molecule has 0 atom stereocenters. The van der Waals surface area contributed by atoms with E-state index in [1.807, 2.05) is 0 Å². The highest BCUT2D eigenvalue weighted by molar-refractivity contribution is 9.10. The Morgan fingerprint density at radius 3 is 2.77 bits per heavy atom. The summed E-state index contributed by atoms with van der Waals surface area (Å²) in [5, 5.41) is 13.9. The molecule has 1 aliphatic rings. The van der Waals surface area contributed by atoms with Crippen molar-refractivity contribution in [1.82, 2.24) is 9.78 Å². The Kier molecular flexibility index (Phi) is 4.14. The Balaban J connectivity index is 2.07. The molecule has 0 unspecified atom stereocenters. The van der Waals surface area contributed by atoms with E-state index < -0.39 is 5.82 Å². The molecule has 1 fully saturated rings. The van der Waals surface area contributed by atoms with Gasteiger partial charge in [-0.2, -0.15) is 10.4 Å². The standard InChI is InChI=1S/C15H14BrFN4O/c16-12-2-1-9(7-13(12)17)14-11(8-18)15(19)21(20-14)10-3-5-22-6-4-10/h1-2,7,10H,3-6,19H2. The lowest BCUT2D eigenvalue weighted by Gasteiger charge is -2.23. The number of nitrogens with two attached hydrogens (primary N) is 1. The highest BCUT2D eigenvalue weighted by Gasteiger charge is 2.24. The van der Waals surface area contributed by atoms with E-state index in [0.717, 1.165) is 12.8 Å². The highest BCUT2D eigenvalue weighted by Crippen LogP contribution is 2.32. The third-order valence-corrected chi connectivity index (χ3v) is 4.43. The summed E-state index contributed by atoms with van der Waals surface area (Å²) in [5.74, 6) is -0.0756. The average molecular weight is 365 g/mol. The Bertz CT molecular complexity index is 747. The summed E-state index contributed by atoms with van der Waals surface area (Å²) in [7, 11) is 0. The zero-order valence-corrected chi connectivity index (χ0v) is 13.3. The second-order valence-corrected chi connectivity index (χ2v) is 5.99. The van der Waals surface area contributed by atoms with Crippen molar-refractivity contribution >= 4 is 21.7 Å². The smallest absolute Gasteiger partial charge is 0.140 e. The number of nitrogens with zero attached hydrogens (tertiary/aromatic N) is 3. The van der Waals surface area contributed by atoms with Crippen LogP contribution < -0.4 is 5.73 Å². The number of nitrogen functional groups attached to an aromatic ring is 1. The predicted octanol–water partition coefficient (Wildman–Crippen LogP) is 3.26. The molecule has 1 aromatic heterocycles. The van der Waals surface area contributed by atoms with Crippen LogP contribution in [0, 0.1) is 17.1 Å². The molecule has 2 aromatic rings. The fourth-order valence-corrected chi connectivity index (χ4v) is 2.86. The van der Waals surface area contributed by atoms with Crippen molar-refractivity contribution in [3.63, 3.8) is 0 Å². The number of hydrogen-bond donors (Lipinski definition) is 1. The van der Waals surface area contributed by atoms with Gasteiger partial charge in [-0.1, -0.05) is 6.07 Å². The number of nitriles is 1. The summed E-state index contributed by atoms with van der Waals surface area (Å²) in [5.41, 5.74) is 7.32. The van der Waals surface area contributed by atoms with Gasteiger partial charge in [0.1, 0.15) is 29.0 Å². The van der Waals surface area contributed by atoms with Gasteiger partial charge >= 0.3 is 0 Å². The molecule has 0 aliphatic carbocycles. The normalized spacial score (nSPS) is 15.7. The maximum Gasteiger partial charge on any atom is 0.140 e. The van der Waals surface area contributed by atoms with Crippen LogP contribution in [-0.4, -0.2) is 23.0 Å². The van der Waals surface area contributed by atoms with E-state index >= 15 is 0 Å². The molecule has 1 aliphatic heterocycles. The van der Waals surface area contributed by atoms with Crippen molar-refractivity contribution in [2.75, 3.05) is 18.9 Å². The molecule has 2 heterocycles. The lowest BCUT2D eigenvalue weighted by atomic mass is 10.1. The quantitative estimate of drug-likeness (QED) is 0.886. The third kappa shape index (κ3) is 2.60. The van der Waals surface area contributed by atoms with Crippen LogP contribution in [0.3, 0.4) is 0 Å². The predicted molar refractivity (Wildman–Crippen MR) is 83.5 cm³/mol. The summed E-state index contributed by atoms with van der Waals surface area (Å²) in [6.45, 7) is 1.29. The first-order valence-corrected chi connectivity index (χ1v) is 7.72. The Labute approximate surface area is 135 Å². The fourth-order valence-electron chi connectivity index (χ4n) is 2.61. The van der Waals surface area contributed by atoms with E-state index in [9.17, 15) is 9.65 Å². The number of halogens is 2. The van der Waals surface area contributed by atoms with Crippen molar-refractivity contribution in [2.45, 2.75) is 18.9 Å². The van der Waals surface area contributed by atoms with Crippen LogP contribution in [0.1, 0.15) is 24.4 Å². The molecule has 0 bridgehead atoms. The molecular formula is C15H14BrFN4O. The van der Waals surface area contributed by atoms with Gasteiger partial charge in [0.15, 0.2) is 0 Å². The van der Waals surface area contributed by atoms with Gasteiger partial charge < -0.3 is 10.5 Å². The van der Waals surface area contributed by atoms with E-state index in [-0.39, 0.29) is 11.6 Å². The first-order valence-electron chi connectivity index (χ1n) is 6.93. The summed E-state index contributed by atoms with van der Waals surface area (Å²) in [6.07, 6.45) is 1.59. The molecule has 0 amide bonds. The van der Waals surface area contributed by atoms with E-state index in [4.69, 9.17) is 10.5 Å². The van der Waals surface area contributed by atoms with Crippen LogP contribution in [0.5, 0.6) is 0 Å². The number of benzene rings is 1. The van der Waals surface area contributed by atoms with Crippen molar-refractivity contribution in [3.05, 3.63) is 34.1 Å². The highest BCUT2D eigenvalue weighted by atomic mass is 79.9. The van der Waals surface area contributed by atoms with Gasteiger partial charge in [-0.15, -0.1) is 0 Å². The monoisotopic (exact) mass is 364 g/mol.